The van der Waals surface area contributed by atoms with E-state index in [1.54, 1.807) is 0 Å². The highest BCUT2D eigenvalue weighted by atomic mass is 35.5. The maximum atomic E-state index is 12.6. The van der Waals surface area contributed by atoms with Crippen molar-refractivity contribution in [2.24, 2.45) is 0 Å². The Morgan fingerprint density at radius 2 is 1.83 bits per heavy atom. The van der Waals surface area contributed by atoms with Gasteiger partial charge in [0.25, 0.3) is 0 Å². The predicted molar refractivity (Wildman–Crippen MR) is 33.8 cm³/mol. The molecule has 0 aliphatic carbocycles. The van der Waals surface area contributed by atoms with E-state index in [0.717, 1.165) is 0 Å². The Labute approximate surface area is 70.2 Å². The molecule has 0 saturated carbocycles. The molecule has 0 saturated heterocycles. The first-order chi connectivity index (χ1) is 5.57. The van der Waals surface area contributed by atoms with Crippen LogP contribution in [-0.4, -0.2) is 4.98 Å². The normalized spacial score (nSPS) is 9.58. The molecule has 0 aromatic carbocycles. The van der Waals surface area contributed by atoms with Gasteiger partial charge in [0.1, 0.15) is 16.7 Å². The van der Waals surface area contributed by atoms with Crippen LogP contribution in [0.3, 0.4) is 0 Å². The first-order valence-corrected chi connectivity index (χ1v) is 3.05. The largest absolute Gasteiger partial charge is 0.237 e. The van der Waals surface area contributed by atoms with E-state index in [9.17, 15) is 13.2 Å². The fraction of sp³-hybridized carbons (Fsp3) is 0. The van der Waals surface area contributed by atoms with Crippen LogP contribution in [0.15, 0.2) is 0 Å². The fourth-order valence-corrected chi connectivity index (χ4v) is 0.714. The summed E-state index contributed by atoms with van der Waals surface area (Å²) in [5.41, 5.74) is -0.985. The van der Waals surface area contributed by atoms with Gasteiger partial charge in [0, 0.05) is 0 Å². The lowest BCUT2D eigenvalue weighted by molar-refractivity contribution is 0.484. The van der Waals surface area contributed by atoms with Gasteiger partial charge in [-0.15, -0.1) is 0 Å². The van der Waals surface area contributed by atoms with E-state index in [1.165, 1.54) is 6.07 Å². The predicted octanol–water partition coefficient (Wildman–Crippen LogP) is 2.02. The van der Waals surface area contributed by atoms with Crippen molar-refractivity contribution in [1.82, 2.24) is 4.98 Å². The number of halogens is 4. The lowest BCUT2D eigenvalue weighted by Crippen LogP contribution is -1.99. The minimum absolute atomic E-state index is 0.979. The molecule has 0 aliphatic heterocycles. The Kier molecular flexibility index (Phi) is 2.20. The van der Waals surface area contributed by atoms with Crippen LogP contribution in [0.4, 0.5) is 13.2 Å². The Balaban J connectivity index is 3.54. The third kappa shape index (κ3) is 1.21. The molecule has 1 aromatic rings. The Morgan fingerprint density at radius 3 is 2.33 bits per heavy atom. The number of hydrogen-bond donors (Lipinski definition) is 0. The molecule has 6 heteroatoms. The topological polar surface area (TPSA) is 36.7 Å². The number of aromatic nitrogens is 1. The molecule has 1 aromatic heterocycles. The van der Waals surface area contributed by atoms with Gasteiger partial charge in [-0.1, -0.05) is 11.6 Å². The van der Waals surface area contributed by atoms with Gasteiger partial charge in [0.2, 0.25) is 11.9 Å². The number of nitrogens with zero attached hydrogens (tertiary/aromatic N) is 2. The Bertz CT molecular complexity index is 372. The highest BCUT2D eigenvalue weighted by Crippen LogP contribution is 2.21. The van der Waals surface area contributed by atoms with Gasteiger partial charge in [-0.2, -0.15) is 19.0 Å². The lowest BCUT2D eigenvalue weighted by Gasteiger charge is -1.97. The number of hydrogen-bond acceptors (Lipinski definition) is 2. The molecule has 0 fully saturated rings. The maximum absolute atomic E-state index is 12.6. The fourth-order valence-electron chi connectivity index (χ4n) is 0.577. The quantitative estimate of drug-likeness (QED) is 0.590. The summed E-state index contributed by atoms with van der Waals surface area (Å²) in [4.78, 5) is 2.58. The zero-order valence-corrected chi connectivity index (χ0v) is 6.16. The number of pyridine rings is 1. The standard InChI is InChI=1S/C6ClF3N2/c7-3-4(8)2(1-11)5(9)12-6(3)10. The monoisotopic (exact) mass is 192 g/mol. The molecular formula is C6ClF3N2. The van der Waals surface area contributed by atoms with Gasteiger partial charge < -0.3 is 0 Å². The highest BCUT2D eigenvalue weighted by molar-refractivity contribution is 6.30. The van der Waals surface area contributed by atoms with Gasteiger partial charge in [0.15, 0.2) is 5.82 Å². The summed E-state index contributed by atoms with van der Waals surface area (Å²) in [5, 5.41) is 7.18. The second-order valence-corrected chi connectivity index (χ2v) is 2.19. The van der Waals surface area contributed by atoms with E-state index in [1.807, 2.05) is 0 Å². The summed E-state index contributed by atoms with van der Waals surface area (Å²) < 4.78 is 37.4. The van der Waals surface area contributed by atoms with E-state index in [-0.39, 0.29) is 0 Å². The Hall–Kier alpha value is -1.28. The lowest BCUT2D eigenvalue weighted by atomic mass is 10.3. The minimum Gasteiger partial charge on any atom is -0.204 e. The first kappa shape index (κ1) is 8.81. The van der Waals surface area contributed by atoms with E-state index in [0.29, 0.717) is 0 Å². The molecule has 62 valence electrons. The molecule has 0 spiro atoms. The van der Waals surface area contributed by atoms with Crippen LogP contribution in [0.1, 0.15) is 5.56 Å². The van der Waals surface area contributed by atoms with Gasteiger partial charge in [0.05, 0.1) is 0 Å². The van der Waals surface area contributed by atoms with Gasteiger partial charge in [-0.05, 0) is 0 Å². The van der Waals surface area contributed by atoms with Gasteiger partial charge in [-0.3, -0.25) is 0 Å². The molecule has 0 N–H and O–H groups in total. The van der Waals surface area contributed by atoms with Crippen LogP contribution < -0.4 is 0 Å². The van der Waals surface area contributed by atoms with Crippen molar-refractivity contribution in [2.45, 2.75) is 0 Å². The summed E-state index contributed by atoms with van der Waals surface area (Å²) in [6.07, 6.45) is 0. The third-order valence-electron chi connectivity index (χ3n) is 1.11. The summed E-state index contributed by atoms with van der Waals surface area (Å²) in [5.74, 6) is -4.40. The number of nitriles is 1. The summed E-state index contributed by atoms with van der Waals surface area (Å²) in [6, 6.07) is 1.17. The van der Waals surface area contributed by atoms with Crippen molar-refractivity contribution in [2.75, 3.05) is 0 Å². The van der Waals surface area contributed by atoms with Gasteiger partial charge >= 0.3 is 0 Å². The van der Waals surface area contributed by atoms with Crippen molar-refractivity contribution in [3.05, 3.63) is 28.3 Å². The van der Waals surface area contributed by atoms with Crippen molar-refractivity contribution >= 4 is 11.6 Å². The zero-order chi connectivity index (χ0) is 9.30. The van der Waals surface area contributed by atoms with E-state index < -0.39 is 28.3 Å². The van der Waals surface area contributed by atoms with Crippen molar-refractivity contribution in [1.29, 1.82) is 5.26 Å². The van der Waals surface area contributed by atoms with E-state index in [2.05, 4.69) is 4.98 Å². The molecule has 0 unspecified atom stereocenters. The molecule has 12 heavy (non-hydrogen) atoms. The summed E-state index contributed by atoms with van der Waals surface area (Å²) in [6.45, 7) is 0. The minimum atomic E-state index is -1.50. The van der Waals surface area contributed by atoms with Crippen LogP contribution in [0, 0.1) is 29.0 Å². The van der Waals surface area contributed by atoms with E-state index >= 15 is 0 Å². The molecule has 0 bridgehead atoms. The molecule has 2 nitrogen and oxygen atoms in total. The average Bonchev–Trinajstić information content (AvgIpc) is 2.01. The average molecular weight is 193 g/mol. The van der Waals surface area contributed by atoms with Crippen molar-refractivity contribution < 1.29 is 13.2 Å². The van der Waals surface area contributed by atoms with Crippen molar-refractivity contribution in [3.63, 3.8) is 0 Å². The van der Waals surface area contributed by atoms with Crippen LogP contribution in [-0.2, 0) is 0 Å². The molecule has 1 heterocycles. The van der Waals surface area contributed by atoms with Crippen LogP contribution in [0.5, 0.6) is 0 Å². The summed E-state index contributed by atoms with van der Waals surface area (Å²) >= 11 is 5.00. The van der Waals surface area contributed by atoms with Crippen LogP contribution in [0.2, 0.25) is 5.02 Å². The van der Waals surface area contributed by atoms with E-state index in [4.69, 9.17) is 16.9 Å². The summed E-state index contributed by atoms with van der Waals surface area (Å²) in [7, 11) is 0. The van der Waals surface area contributed by atoms with Crippen molar-refractivity contribution in [3.8, 4) is 6.07 Å². The van der Waals surface area contributed by atoms with Crippen LogP contribution >= 0.6 is 11.6 Å². The highest BCUT2D eigenvalue weighted by Gasteiger charge is 2.18. The molecule has 0 aliphatic rings. The molecule has 1 rings (SSSR count). The third-order valence-corrected chi connectivity index (χ3v) is 1.43. The van der Waals surface area contributed by atoms with Crippen LogP contribution in [0.25, 0.3) is 0 Å². The Morgan fingerprint density at radius 1 is 1.25 bits per heavy atom. The maximum Gasteiger partial charge on any atom is 0.237 e. The molecule has 0 atom stereocenters. The molecule has 0 amide bonds. The first-order valence-electron chi connectivity index (χ1n) is 2.68. The second-order valence-electron chi connectivity index (χ2n) is 1.81. The second kappa shape index (κ2) is 2.99. The molecular weight excluding hydrogens is 193 g/mol. The van der Waals surface area contributed by atoms with Gasteiger partial charge in [-0.25, -0.2) is 4.39 Å². The molecule has 0 radical (unpaired) electrons. The smallest absolute Gasteiger partial charge is 0.204 e. The zero-order valence-electron chi connectivity index (χ0n) is 5.41. The number of rotatable bonds is 0. The SMILES string of the molecule is N#Cc1c(F)nc(F)c(Cl)c1F.